The number of nitrogens with one attached hydrogen (secondary N) is 1. The number of hydrogen-bond donors (Lipinski definition) is 1. The van der Waals surface area contributed by atoms with Gasteiger partial charge in [-0.2, -0.15) is 5.26 Å². The molecular formula is C14H19N3. The zero-order chi connectivity index (χ0) is 12.1. The Labute approximate surface area is 103 Å². The summed E-state index contributed by atoms with van der Waals surface area (Å²) < 4.78 is 0. The van der Waals surface area contributed by atoms with Gasteiger partial charge < -0.3 is 5.32 Å². The number of rotatable bonds is 5. The van der Waals surface area contributed by atoms with Gasteiger partial charge in [-0.15, -0.1) is 0 Å². The van der Waals surface area contributed by atoms with Gasteiger partial charge in [0.25, 0.3) is 0 Å². The molecule has 0 spiro atoms. The van der Waals surface area contributed by atoms with Crippen LogP contribution in [-0.2, 0) is 0 Å². The van der Waals surface area contributed by atoms with Crippen molar-refractivity contribution in [3.63, 3.8) is 0 Å². The topological polar surface area (TPSA) is 39.1 Å². The van der Waals surface area contributed by atoms with Gasteiger partial charge in [-0.3, -0.25) is 4.90 Å². The third kappa shape index (κ3) is 2.85. The molecule has 90 valence electrons. The summed E-state index contributed by atoms with van der Waals surface area (Å²) in [5, 5.41) is 12.6. The van der Waals surface area contributed by atoms with E-state index in [9.17, 15) is 5.26 Å². The van der Waals surface area contributed by atoms with Crippen LogP contribution in [0.25, 0.3) is 0 Å². The van der Waals surface area contributed by atoms with E-state index < -0.39 is 0 Å². The number of hydrogen-bond acceptors (Lipinski definition) is 3. The van der Waals surface area contributed by atoms with Gasteiger partial charge in [-0.1, -0.05) is 37.3 Å². The molecule has 0 aromatic heterocycles. The minimum atomic E-state index is -0.0169. The lowest BCUT2D eigenvalue weighted by molar-refractivity contribution is 0.150. The maximum atomic E-state index is 9.30. The average Bonchev–Trinajstić information content (AvgIpc) is 2.33. The quantitative estimate of drug-likeness (QED) is 0.833. The van der Waals surface area contributed by atoms with Gasteiger partial charge in [0.05, 0.1) is 12.0 Å². The van der Waals surface area contributed by atoms with E-state index in [0.29, 0.717) is 6.04 Å². The highest BCUT2D eigenvalue weighted by Crippen LogP contribution is 2.18. The van der Waals surface area contributed by atoms with Crippen LogP contribution < -0.4 is 5.32 Å². The Morgan fingerprint density at radius 3 is 2.59 bits per heavy atom. The SMILES string of the molecule is CCN(CC(C#N)c1ccccc1)C1CNC1. The van der Waals surface area contributed by atoms with Gasteiger partial charge in [0.15, 0.2) is 0 Å². The first-order valence-corrected chi connectivity index (χ1v) is 6.24. The molecule has 2 rings (SSSR count). The zero-order valence-corrected chi connectivity index (χ0v) is 10.3. The maximum Gasteiger partial charge on any atom is 0.0839 e. The summed E-state index contributed by atoms with van der Waals surface area (Å²) in [4.78, 5) is 2.40. The molecule has 1 atom stereocenters. The van der Waals surface area contributed by atoms with Crippen LogP contribution in [0.4, 0.5) is 0 Å². The molecule has 1 N–H and O–H groups in total. The fourth-order valence-electron chi connectivity index (χ4n) is 2.21. The van der Waals surface area contributed by atoms with E-state index in [-0.39, 0.29) is 5.92 Å². The van der Waals surface area contributed by atoms with Gasteiger partial charge in [-0.25, -0.2) is 0 Å². The molecule has 0 saturated carbocycles. The summed E-state index contributed by atoms with van der Waals surface area (Å²) in [6, 6.07) is 13.1. The van der Waals surface area contributed by atoms with Crippen LogP contribution in [-0.4, -0.2) is 37.1 Å². The monoisotopic (exact) mass is 229 g/mol. The molecule has 3 heteroatoms. The van der Waals surface area contributed by atoms with Gasteiger partial charge in [0, 0.05) is 25.7 Å². The van der Waals surface area contributed by atoms with Gasteiger partial charge >= 0.3 is 0 Å². The second-order valence-electron chi connectivity index (χ2n) is 4.49. The number of nitrogens with zero attached hydrogens (tertiary/aromatic N) is 2. The number of nitriles is 1. The van der Waals surface area contributed by atoms with E-state index in [2.05, 4.69) is 23.2 Å². The third-order valence-corrected chi connectivity index (χ3v) is 3.46. The summed E-state index contributed by atoms with van der Waals surface area (Å²) in [6.45, 7) is 6.13. The highest BCUT2D eigenvalue weighted by molar-refractivity contribution is 5.25. The molecule has 1 heterocycles. The summed E-state index contributed by atoms with van der Waals surface area (Å²) in [5.41, 5.74) is 1.13. The lowest BCUT2D eigenvalue weighted by Gasteiger charge is -2.38. The van der Waals surface area contributed by atoms with Crippen molar-refractivity contribution in [2.24, 2.45) is 0 Å². The maximum absolute atomic E-state index is 9.30. The minimum Gasteiger partial charge on any atom is -0.314 e. The smallest absolute Gasteiger partial charge is 0.0839 e. The Kier molecular flexibility index (Phi) is 4.13. The van der Waals surface area contributed by atoms with E-state index in [1.165, 1.54) is 0 Å². The molecule has 1 unspecified atom stereocenters. The van der Waals surface area contributed by atoms with Crippen LogP contribution in [0.3, 0.4) is 0 Å². The van der Waals surface area contributed by atoms with Crippen molar-refractivity contribution in [3.8, 4) is 6.07 Å². The molecule has 0 bridgehead atoms. The van der Waals surface area contributed by atoms with Crippen molar-refractivity contribution in [2.45, 2.75) is 18.9 Å². The standard InChI is InChI=1S/C14H19N3/c1-2-17(14-9-16-10-14)11-13(8-15)12-6-4-3-5-7-12/h3-7,13-14,16H,2,9-11H2,1H3. The fraction of sp³-hybridized carbons (Fsp3) is 0.500. The predicted molar refractivity (Wildman–Crippen MR) is 68.7 cm³/mol. The van der Waals surface area contributed by atoms with Crippen molar-refractivity contribution in [1.29, 1.82) is 5.26 Å². The summed E-state index contributed by atoms with van der Waals surface area (Å²) in [6.07, 6.45) is 0. The second-order valence-corrected chi connectivity index (χ2v) is 4.49. The molecule has 0 amide bonds. The van der Waals surface area contributed by atoms with Crippen LogP contribution in [0, 0.1) is 11.3 Å². The highest BCUT2D eigenvalue weighted by atomic mass is 15.2. The minimum absolute atomic E-state index is 0.0169. The molecule has 1 aromatic rings. The first-order chi connectivity index (χ1) is 8.35. The predicted octanol–water partition coefficient (Wildman–Crippen LogP) is 1.59. The fourth-order valence-corrected chi connectivity index (χ4v) is 2.21. The zero-order valence-electron chi connectivity index (χ0n) is 10.3. The van der Waals surface area contributed by atoms with Crippen molar-refractivity contribution in [3.05, 3.63) is 35.9 Å². The molecular weight excluding hydrogens is 210 g/mol. The van der Waals surface area contributed by atoms with Crippen molar-refractivity contribution >= 4 is 0 Å². The Morgan fingerprint density at radius 2 is 2.12 bits per heavy atom. The second kappa shape index (κ2) is 5.81. The average molecular weight is 229 g/mol. The number of likely N-dealkylation sites (N-methyl/N-ethyl adjacent to an activating group) is 1. The summed E-state index contributed by atoms with van der Waals surface area (Å²) in [5.74, 6) is -0.0169. The number of benzene rings is 1. The van der Waals surface area contributed by atoms with E-state index in [1.807, 2.05) is 30.3 Å². The Balaban J connectivity index is 2.01. The van der Waals surface area contributed by atoms with E-state index in [0.717, 1.165) is 31.7 Å². The lowest BCUT2D eigenvalue weighted by atomic mass is 9.98. The Morgan fingerprint density at radius 1 is 1.41 bits per heavy atom. The largest absolute Gasteiger partial charge is 0.314 e. The molecule has 1 aliphatic heterocycles. The molecule has 1 aromatic carbocycles. The van der Waals surface area contributed by atoms with Crippen molar-refractivity contribution in [1.82, 2.24) is 10.2 Å². The summed E-state index contributed by atoms with van der Waals surface area (Å²) >= 11 is 0. The molecule has 0 radical (unpaired) electrons. The highest BCUT2D eigenvalue weighted by Gasteiger charge is 2.25. The molecule has 17 heavy (non-hydrogen) atoms. The van der Waals surface area contributed by atoms with Gasteiger partial charge in [0.1, 0.15) is 0 Å². The van der Waals surface area contributed by atoms with Crippen LogP contribution in [0.15, 0.2) is 30.3 Å². The van der Waals surface area contributed by atoms with Crippen LogP contribution in [0.1, 0.15) is 18.4 Å². The first kappa shape index (κ1) is 12.1. The van der Waals surface area contributed by atoms with Gasteiger partial charge in [0.2, 0.25) is 0 Å². The first-order valence-electron chi connectivity index (χ1n) is 6.24. The van der Waals surface area contributed by atoms with Gasteiger partial charge in [-0.05, 0) is 12.1 Å². The van der Waals surface area contributed by atoms with Crippen LogP contribution >= 0.6 is 0 Å². The molecule has 1 saturated heterocycles. The van der Waals surface area contributed by atoms with E-state index >= 15 is 0 Å². The molecule has 1 fully saturated rings. The van der Waals surface area contributed by atoms with Crippen LogP contribution in [0.2, 0.25) is 0 Å². The van der Waals surface area contributed by atoms with Crippen molar-refractivity contribution < 1.29 is 0 Å². The summed E-state index contributed by atoms with van der Waals surface area (Å²) in [7, 11) is 0. The Bertz CT molecular complexity index is 378. The molecule has 3 nitrogen and oxygen atoms in total. The normalized spacial score (nSPS) is 17.5. The Hall–Kier alpha value is -1.37. The molecule has 0 aliphatic carbocycles. The van der Waals surface area contributed by atoms with Crippen LogP contribution in [0.5, 0.6) is 0 Å². The third-order valence-electron chi connectivity index (χ3n) is 3.46. The molecule has 1 aliphatic rings. The van der Waals surface area contributed by atoms with Crippen molar-refractivity contribution in [2.75, 3.05) is 26.2 Å². The van der Waals surface area contributed by atoms with E-state index in [1.54, 1.807) is 0 Å². The lowest BCUT2D eigenvalue weighted by Crippen LogP contribution is -2.57. The van der Waals surface area contributed by atoms with E-state index in [4.69, 9.17) is 0 Å².